The highest BCUT2D eigenvalue weighted by Gasteiger charge is 2.01. The highest BCUT2D eigenvalue weighted by atomic mass is 32.2. The van der Waals surface area contributed by atoms with Crippen LogP contribution in [0.4, 0.5) is 0 Å². The third-order valence-corrected chi connectivity index (χ3v) is 2.64. The number of ketones is 1. The molecule has 1 nitrogen and oxygen atoms in total. The van der Waals surface area contributed by atoms with Crippen molar-refractivity contribution in [3.8, 4) is 0 Å². The van der Waals surface area contributed by atoms with E-state index in [4.69, 9.17) is 0 Å². The Hall–Kier alpha value is 0.0200. The van der Waals surface area contributed by atoms with E-state index in [1.165, 1.54) is 6.42 Å². The van der Waals surface area contributed by atoms with Crippen molar-refractivity contribution in [1.82, 2.24) is 0 Å². The van der Waals surface area contributed by atoms with Crippen molar-refractivity contribution >= 4 is 17.5 Å². The van der Waals surface area contributed by atoms with Crippen LogP contribution in [-0.2, 0) is 4.79 Å². The molecule has 0 aromatic carbocycles. The fourth-order valence-electron chi connectivity index (χ4n) is 0.996. The molecular weight excluding hydrogens is 168 g/mol. The Kier molecular flexibility index (Phi) is 7.67. The van der Waals surface area contributed by atoms with E-state index in [0.29, 0.717) is 11.5 Å². The van der Waals surface area contributed by atoms with E-state index in [0.717, 1.165) is 24.5 Å². The number of hydrogen-bond donors (Lipinski definition) is 0. The summed E-state index contributed by atoms with van der Waals surface area (Å²) < 4.78 is 0. The first-order chi connectivity index (χ1) is 5.66. The molecule has 0 radical (unpaired) electrons. The number of thioether (sulfide) groups is 1. The molecule has 72 valence electrons. The van der Waals surface area contributed by atoms with Gasteiger partial charge in [0.2, 0.25) is 0 Å². The van der Waals surface area contributed by atoms with Gasteiger partial charge in [-0.3, -0.25) is 4.79 Å². The van der Waals surface area contributed by atoms with Crippen molar-refractivity contribution in [2.45, 2.75) is 40.0 Å². The molecule has 0 aromatic heterocycles. The van der Waals surface area contributed by atoms with Crippen LogP contribution in [0.5, 0.6) is 0 Å². The molecule has 0 fully saturated rings. The normalized spacial score (nSPS) is 10.7. The molecule has 0 saturated carbocycles. The summed E-state index contributed by atoms with van der Waals surface area (Å²) in [6, 6.07) is 0. The van der Waals surface area contributed by atoms with E-state index >= 15 is 0 Å². The molecule has 2 heteroatoms. The van der Waals surface area contributed by atoms with Gasteiger partial charge in [-0.05, 0) is 18.1 Å². The van der Waals surface area contributed by atoms with Gasteiger partial charge in [0, 0.05) is 6.42 Å². The smallest absolute Gasteiger partial charge is 0.142 e. The van der Waals surface area contributed by atoms with E-state index in [1.807, 2.05) is 0 Å². The van der Waals surface area contributed by atoms with Gasteiger partial charge in [-0.2, -0.15) is 11.8 Å². The van der Waals surface area contributed by atoms with Gasteiger partial charge in [-0.15, -0.1) is 0 Å². The lowest BCUT2D eigenvalue weighted by atomic mass is 10.1. The first kappa shape index (κ1) is 12.0. The second kappa shape index (κ2) is 7.66. The predicted octanol–water partition coefficient (Wildman–Crippen LogP) is 3.13. The molecule has 0 saturated heterocycles. The SMILES string of the molecule is CCSCC(=O)CCCC(C)C. The molecule has 0 heterocycles. The zero-order valence-corrected chi connectivity index (χ0v) is 9.25. The molecule has 0 bridgehead atoms. The summed E-state index contributed by atoms with van der Waals surface area (Å²) >= 11 is 1.73. The van der Waals surface area contributed by atoms with E-state index < -0.39 is 0 Å². The average molecular weight is 188 g/mol. The first-order valence-corrected chi connectivity index (χ1v) is 5.91. The van der Waals surface area contributed by atoms with Gasteiger partial charge < -0.3 is 0 Å². The van der Waals surface area contributed by atoms with Gasteiger partial charge in [0.05, 0.1) is 5.75 Å². The standard InChI is InChI=1S/C10H20OS/c1-4-12-8-10(11)7-5-6-9(2)3/h9H,4-8H2,1-3H3. The van der Waals surface area contributed by atoms with Crippen molar-refractivity contribution < 1.29 is 4.79 Å². The Labute approximate surface area is 80.3 Å². The summed E-state index contributed by atoms with van der Waals surface area (Å²) in [6.07, 6.45) is 3.04. The topological polar surface area (TPSA) is 17.1 Å². The van der Waals surface area contributed by atoms with Crippen LogP contribution >= 0.6 is 11.8 Å². The molecule has 0 N–H and O–H groups in total. The van der Waals surface area contributed by atoms with Crippen LogP contribution in [0.3, 0.4) is 0 Å². The largest absolute Gasteiger partial charge is 0.299 e. The third-order valence-electron chi connectivity index (χ3n) is 1.70. The van der Waals surface area contributed by atoms with Crippen LogP contribution in [0.2, 0.25) is 0 Å². The Morgan fingerprint density at radius 1 is 1.42 bits per heavy atom. The lowest BCUT2D eigenvalue weighted by Crippen LogP contribution is -2.02. The summed E-state index contributed by atoms with van der Waals surface area (Å²) in [6.45, 7) is 6.49. The van der Waals surface area contributed by atoms with Crippen molar-refractivity contribution in [2.24, 2.45) is 5.92 Å². The maximum absolute atomic E-state index is 11.2. The van der Waals surface area contributed by atoms with Gasteiger partial charge in [-0.25, -0.2) is 0 Å². The number of Topliss-reactive ketones (excluding diaryl/α,β-unsaturated/α-hetero) is 1. The summed E-state index contributed by atoms with van der Waals surface area (Å²) in [5, 5.41) is 0. The van der Waals surface area contributed by atoms with Crippen molar-refractivity contribution in [2.75, 3.05) is 11.5 Å². The third kappa shape index (κ3) is 8.12. The molecular formula is C10H20OS. The molecule has 0 aliphatic heterocycles. The number of hydrogen-bond acceptors (Lipinski definition) is 2. The maximum atomic E-state index is 11.2. The highest BCUT2D eigenvalue weighted by Crippen LogP contribution is 2.08. The molecule has 12 heavy (non-hydrogen) atoms. The minimum atomic E-state index is 0.419. The van der Waals surface area contributed by atoms with Crippen LogP contribution in [0.25, 0.3) is 0 Å². The number of carbonyl (C=O) groups excluding carboxylic acids is 1. The van der Waals surface area contributed by atoms with Crippen molar-refractivity contribution in [1.29, 1.82) is 0 Å². The van der Waals surface area contributed by atoms with E-state index in [9.17, 15) is 4.79 Å². The summed E-state index contributed by atoms with van der Waals surface area (Å²) in [4.78, 5) is 11.2. The van der Waals surface area contributed by atoms with Crippen LogP contribution in [-0.4, -0.2) is 17.3 Å². The predicted molar refractivity (Wildman–Crippen MR) is 56.7 cm³/mol. The van der Waals surface area contributed by atoms with Crippen molar-refractivity contribution in [3.63, 3.8) is 0 Å². The molecule has 0 atom stereocenters. The Morgan fingerprint density at radius 3 is 2.58 bits per heavy atom. The fraction of sp³-hybridized carbons (Fsp3) is 0.900. The highest BCUT2D eigenvalue weighted by molar-refractivity contribution is 7.99. The van der Waals surface area contributed by atoms with Gasteiger partial charge in [-0.1, -0.05) is 27.2 Å². The van der Waals surface area contributed by atoms with Crippen LogP contribution in [0.1, 0.15) is 40.0 Å². The Balaban J connectivity index is 3.20. The zero-order chi connectivity index (χ0) is 9.40. The number of carbonyl (C=O) groups is 1. The lowest BCUT2D eigenvalue weighted by molar-refractivity contribution is -0.116. The summed E-state index contributed by atoms with van der Waals surface area (Å²) in [5.41, 5.74) is 0. The summed E-state index contributed by atoms with van der Waals surface area (Å²) in [5.74, 6) is 2.92. The zero-order valence-electron chi connectivity index (χ0n) is 8.43. The first-order valence-electron chi connectivity index (χ1n) is 4.76. The Bertz CT molecular complexity index is 121. The van der Waals surface area contributed by atoms with Gasteiger partial charge in [0.25, 0.3) is 0 Å². The van der Waals surface area contributed by atoms with Gasteiger partial charge >= 0.3 is 0 Å². The molecule has 0 aliphatic rings. The maximum Gasteiger partial charge on any atom is 0.142 e. The lowest BCUT2D eigenvalue weighted by Gasteiger charge is -2.02. The monoisotopic (exact) mass is 188 g/mol. The summed E-state index contributed by atoms with van der Waals surface area (Å²) in [7, 11) is 0. The van der Waals surface area contributed by atoms with Crippen molar-refractivity contribution in [3.05, 3.63) is 0 Å². The molecule has 0 aromatic rings. The minimum Gasteiger partial charge on any atom is -0.299 e. The molecule has 0 unspecified atom stereocenters. The van der Waals surface area contributed by atoms with E-state index in [1.54, 1.807) is 11.8 Å². The van der Waals surface area contributed by atoms with Gasteiger partial charge in [0.15, 0.2) is 0 Å². The van der Waals surface area contributed by atoms with E-state index in [2.05, 4.69) is 20.8 Å². The van der Waals surface area contributed by atoms with Crippen LogP contribution < -0.4 is 0 Å². The number of rotatable bonds is 7. The molecule has 0 amide bonds. The van der Waals surface area contributed by atoms with Gasteiger partial charge in [0.1, 0.15) is 5.78 Å². The molecule has 0 aliphatic carbocycles. The second-order valence-corrected chi connectivity index (χ2v) is 4.74. The van der Waals surface area contributed by atoms with Crippen LogP contribution in [0, 0.1) is 5.92 Å². The molecule has 0 spiro atoms. The van der Waals surface area contributed by atoms with E-state index in [-0.39, 0.29) is 0 Å². The minimum absolute atomic E-state index is 0.419. The quantitative estimate of drug-likeness (QED) is 0.610. The fourth-order valence-corrected chi connectivity index (χ4v) is 1.57. The van der Waals surface area contributed by atoms with Crippen LogP contribution in [0.15, 0.2) is 0 Å². The second-order valence-electron chi connectivity index (χ2n) is 3.46. The molecule has 0 rings (SSSR count). The average Bonchev–Trinajstić information content (AvgIpc) is 2.00. The Morgan fingerprint density at radius 2 is 2.08 bits per heavy atom.